The number of carbonyl (C=O) groups excluding carboxylic acids is 2. The number of benzene rings is 2. The lowest BCUT2D eigenvalue weighted by molar-refractivity contribution is -0.119. The highest BCUT2D eigenvalue weighted by molar-refractivity contribution is 5.97. The van der Waals surface area contributed by atoms with Gasteiger partial charge in [-0.2, -0.15) is 0 Å². The third-order valence-electron chi connectivity index (χ3n) is 4.06. The predicted molar refractivity (Wildman–Crippen MR) is 92.0 cm³/mol. The molecule has 1 aliphatic heterocycles. The molecule has 1 atom stereocenters. The Balaban J connectivity index is 1.65. The van der Waals surface area contributed by atoms with Crippen LogP contribution in [0.15, 0.2) is 54.6 Å². The van der Waals surface area contributed by atoms with Crippen LogP contribution in [0.3, 0.4) is 0 Å². The van der Waals surface area contributed by atoms with Crippen LogP contribution in [0.5, 0.6) is 5.75 Å². The van der Waals surface area contributed by atoms with E-state index in [1.807, 2.05) is 37.3 Å². The molecule has 0 aliphatic carbocycles. The van der Waals surface area contributed by atoms with Crippen LogP contribution in [0.1, 0.15) is 18.4 Å². The van der Waals surface area contributed by atoms with Crippen molar-refractivity contribution in [1.29, 1.82) is 0 Å². The van der Waals surface area contributed by atoms with E-state index in [0.29, 0.717) is 18.7 Å². The molecule has 0 aromatic heterocycles. The van der Waals surface area contributed by atoms with Crippen LogP contribution in [-0.4, -0.2) is 29.5 Å². The zero-order valence-electron chi connectivity index (χ0n) is 13.6. The maximum atomic E-state index is 12.5. The van der Waals surface area contributed by atoms with E-state index in [9.17, 15) is 9.59 Å². The van der Waals surface area contributed by atoms with Crippen LogP contribution in [0.2, 0.25) is 0 Å². The molecule has 0 radical (unpaired) electrons. The number of hydrogen-bond donors (Lipinski definition) is 1. The summed E-state index contributed by atoms with van der Waals surface area (Å²) in [4.78, 5) is 26.4. The molecule has 1 N–H and O–H groups in total. The highest BCUT2D eigenvalue weighted by atomic mass is 16.6. The fourth-order valence-corrected chi connectivity index (χ4v) is 2.77. The summed E-state index contributed by atoms with van der Waals surface area (Å²) in [7, 11) is 0. The number of para-hydroxylation sites is 1. The van der Waals surface area contributed by atoms with Crippen LogP contribution in [0.4, 0.5) is 10.5 Å². The maximum absolute atomic E-state index is 12.5. The third kappa shape index (κ3) is 3.74. The molecule has 2 aromatic rings. The fraction of sp³-hybridized carbons (Fsp3) is 0.263. The molecule has 24 heavy (non-hydrogen) atoms. The zero-order valence-corrected chi connectivity index (χ0v) is 13.6. The quantitative estimate of drug-likeness (QED) is 0.938. The summed E-state index contributed by atoms with van der Waals surface area (Å²) in [5.41, 5.74) is 1.86. The standard InChI is InChI=1S/C19H20N2O3/c1-14-9-11-15(12-10-14)20-18(22)17-8-5-13-21(17)19(23)24-16-6-3-2-4-7-16/h2-4,6-7,9-12,17H,5,8,13H2,1H3,(H,20,22)/t17-/m1/s1. The first-order valence-electron chi connectivity index (χ1n) is 8.04. The van der Waals surface area contributed by atoms with Crippen molar-refractivity contribution in [3.63, 3.8) is 0 Å². The van der Waals surface area contributed by atoms with Crippen LogP contribution < -0.4 is 10.1 Å². The summed E-state index contributed by atoms with van der Waals surface area (Å²) in [6.07, 6.45) is 0.944. The Bertz CT molecular complexity index is 713. The number of nitrogens with one attached hydrogen (secondary N) is 1. The molecule has 3 rings (SSSR count). The van der Waals surface area contributed by atoms with Crippen molar-refractivity contribution in [3.8, 4) is 5.75 Å². The van der Waals surface area contributed by atoms with E-state index in [1.165, 1.54) is 4.90 Å². The third-order valence-corrected chi connectivity index (χ3v) is 4.06. The monoisotopic (exact) mass is 324 g/mol. The molecule has 2 aromatic carbocycles. The van der Waals surface area contributed by atoms with Crippen LogP contribution in [-0.2, 0) is 4.79 Å². The van der Waals surface area contributed by atoms with Gasteiger partial charge < -0.3 is 10.1 Å². The summed E-state index contributed by atoms with van der Waals surface area (Å²) in [6, 6.07) is 16.0. The summed E-state index contributed by atoms with van der Waals surface area (Å²) in [5.74, 6) is 0.299. The minimum Gasteiger partial charge on any atom is -0.410 e. The first-order chi connectivity index (χ1) is 11.6. The van der Waals surface area contributed by atoms with E-state index in [2.05, 4.69) is 5.32 Å². The van der Waals surface area contributed by atoms with E-state index in [4.69, 9.17) is 4.74 Å². The van der Waals surface area contributed by atoms with Gasteiger partial charge in [0.15, 0.2) is 0 Å². The Morgan fingerprint density at radius 2 is 1.79 bits per heavy atom. The number of anilines is 1. The van der Waals surface area contributed by atoms with Crippen molar-refractivity contribution in [2.75, 3.05) is 11.9 Å². The molecule has 1 aliphatic rings. The molecule has 1 fully saturated rings. The zero-order chi connectivity index (χ0) is 16.9. The van der Waals surface area contributed by atoms with Crippen LogP contribution in [0.25, 0.3) is 0 Å². The first-order valence-corrected chi connectivity index (χ1v) is 8.04. The average molecular weight is 324 g/mol. The Labute approximate surface area is 141 Å². The van der Waals surface area contributed by atoms with Gasteiger partial charge in [-0.25, -0.2) is 4.79 Å². The van der Waals surface area contributed by atoms with Gasteiger partial charge in [-0.3, -0.25) is 9.69 Å². The first kappa shape index (κ1) is 16.1. The van der Waals surface area contributed by atoms with Gasteiger partial charge in [0.25, 0.3) is 0 Å². The van der Waals surface area contributed by atoms with E-state index in [1.54, 1.807) is 24.3 Å². The number of rotatable bonds is 3. The highest BCUT2D eigenvalue weighted by Crippen LogP contribution is 2.21. The average Bonchev–Trinajstić information content (AvgIpc) is 3.08. The van der Waals surface area contributed by atoms with Crippen molar-refractivity contribution >= 4 is 17.7 Å². The van der Waals surface area contributed by atoms with Crippen molar-refractivity contribution in [1.82, 2.24) is 4.90 Å². The number of amides is 2. The number of carbonyl (C=O) groups is 2. The molecule has 5 heteroatoms. The number of likely N-dealkylation sites (tertiary alicyclic amines) is 1. The molecule has 0 unspecified atom stereocenters. The number of nitrogens with zero attached hydrogens (tertiary/aromatic N) is 1. The summed E-state index contributed by atoms with van der Waals surface area (Å²) < 4.78 is 5.35. The second-order valence-corrected chi connectivity index (χ2v) is 5.89. The van der Waals surface area contributed by atoms with E-state index in [-0.39, 0.29) is 5.91 Å². The van der Waals surface area contributed by atoms with Gasteiger partial charge in [0.1, 0.15) is 11.8 Å². The second kappa shape index (κ2) is 7.17. The Morgan fingerprint density at radius 1 is 1.08 bits per heavy atom. The number of aryl methyl sites for hydroxylation is 1. The molecular formula is C19H20N2O3. The van der Waals surface area contributed by atoms with Crippen molar-refractivity contribution in [2.45, 2.75) is 25.8 Å². The summed E-state index contributed by atoms with van der Waals surface area (Å²) in [6.45, 7) is 2.52. The van der Waals surface area contributed by atoms with E-state index >= 15 is 0 Å². The number of ether oxygens (including phenoxy) is 1. The highest BCUT2D eigenvalue weighted by Gasteiger charge is 2.35. The minimum absolute atomic E-state index is 0.179. The lowest BCUT2D eigenvalue weighted by atomic mass is 10.2. The van der Waals surface area contributed by atoms with Gasteiger partial charge in [0, 0.05) is 12.2 Å². The summed E-state index contributed by atoms with van der Waals surface area (Å²) in [5, 5.41) is 2.87. The van der Waals surface area contributed by atoms with Gasteiger partial charge in [-0.1, -0.05) is 35.9 Å². The summed E-state index contributed by atoms with van der Waals surface area (Å²) >= 11 is 0. The largest absolute Gasteiger partial charge is 0.415 e. The molecule has 2 amide bonds. The Kier molecular flexibility index (Phi) is 4.79. The molecule has 1 heterocycles. The topological polar surface area (TPSA) is 58.6 Å². The smallest absolute Gasteiger partial charge is 0.410 e. The Morgan fingerprint density at radius 3 is 2.50 bits per heavy atom. The molecular weight excluding hydrogens is 304 g/mol. The van der Waals surface area contributed by atoms with Gasteiger partial charge in [-0.05, 0) is 44.0 Å². The molecule has 0 bridgehead atoms. The lowest BCUT2D eigenvalue weighted by Gasteiger charge is -2.23. The molecule has 5 nitrogen and oxygen atoms in total. The predicted octanol–water partition coefficient (Wildman–Crippen LogP) is 3.60. The molecule has 1 saturated heterocycles. The second-order valence-electron chi connectivity index (χ2n) is 5.89. The molecule has 124 valence electrons. The molecule has 0 spiro atoms. The Hall–Kier alpha value is -2.82. The minimum atomic E-state index is -0.498. The van der Waals surface area contributed by atoms with Gasteiger partial charge in [0.05, 0.1) is 0 Å². The van der Waals surface area contributed by atoms with E-state index < -0.39 is 12.1 Å². The normalized spacial score (nSPS) is 16.7. The van der Waals surface area contributed by atoms with Crippen LogP contribution >= 0.6 is 0 Å². The van der Waals surface area contributed by atoms with Gasteiger partial charge in [0.2, 0.25) is 5.91 Å². The SMILES string of the molecule is Cc1ccc(NC(=O)[C@H]2CCCN2C(=O)Oc2ccccc2)cc1. The molecule has 0 saturated carbocycles. The van der Waals surface area contributed by atoms with Gasteiger partial charge >= 0.3 is 6.09 Å². The van der Waals surface area contributed by atoms with Crippen molar-refractivity contribution < 1.29 is 14.3 Å². The van der Waals surface area contributed by atoms with Crippen LogP contribution in [0, 0.1) is 6.92 Å². The van der Waals surface area contributed by atoms with Crippen molar-refractivity contribution in [2.24, 2.45) is 0 Å². The van der Waals surface area contributed by atoms with E-state index in [0.717, 1.165) is 17.7 Å². The number of hydrogen-bond acceptors (Lipinski definition) is 3. The maximum Gasteiger partial charge on any atom is 0.415 e. The van der Waals surface area contributed by atoms with Gasteiger partial charge in [-0.15, -0.1) is 0 Å². The van der Waals surface area contributed by atoms with Crippen molar-refractivity contribution in [3.05, 3.63) is 60.2 Å². The lowest BCUT2D eigenvalue weighted by Crippen LogP contribution is -2.44. The fourth-order valence-electron chi connectivity index (χ4n) is 2.77.